The first kappa shape index (κ1) is 20.8. The van der Waals surface area contributed by atoms with E-state index in [1.54, 1.807) is 62.6 Å². The van der Waals surface area contributed by atoms with E-state index in [2.05, 4.69) is 21.3 Å². The molecule has 148 valence electrons. The fourth-order valence-electron chi connectivity index (χ4n) is 2.30. The maximum absolute atomic E-state index is 12.1. The van der Waals surface area contributed by atoms with Crippen molar-refractivity contribution in [3.63, 3.8) is 0 Å². The van der Waals surface area contributed by atoms with Crippen LogP contribution in [0.1, 0.15) is 23.7 Å². The minimum Gasteiger partial charge on any atom is -0.497 e. The van der Waals surface area contributed by atoms with E-state index < -0.39 is 6.03 Å². The van der Waals surface area contributed by atoms with Gasteiger partial charge in [0.25, 0.3) is 5.91 Å². The van der Waals surface area contributed by atoms with Crippen LogP contribution in [0.2, 0.25) is 0 Å². The van der Waals surface area contributed by atoms with E-state index in [0.717, 1.165) is 0 Å². The van der Waals surface area contributed by atoms with Crippen molar-refractivity contribution in [2.24, 2.45) is 0 Å². The van der Waals surface area contributed by atoms with Gasteiger partial charge < -0.3 is 26.0 Å². The molecule has 28 heavy (non-hydrogen) atoms. The van der Waals surface area contributed by atoms with Gasteiger partial charge in [-0.05, 0) is 36.4 Å². The Kier molecular flexibility index (Phi) is 7.83. The third kappa shape index (κ3) is 6.64. The summed E-state index contributed by atoms with van der Waals surface area (Å²) in [5, 5.41) is 10.8. The average Bonchev–Trinajstić information content (AvgIpc) is 2.71. The molecular formula is C20H24N4O4. The van der Waals surface area contributed by atoms with Gasteiger partial charge in [-0.15, -0.1) is 0 Å². The van der Waals surface area contributed by atoms with E-state index in [0.29, 0.717) is 42.2 Å². The number of urea groups is 1. The first-order chi connectivity index (χ1) is 13.5. The predicted molar refractivity (Wildman–Crippen MR) is 108 cm³/mol. The summed E-state index contributed by atoms with van der Waals surface area (Å²) < 4.78 is 5.11. The molecule has 0 aliphatic carbocycles. The smallest absolute Gasteiger partial charge is 0.323 e. The number of methoxy groups -OCH3 is 1. The molecule has 0 aliphatic rings. The first-order valence-electron chi connectivity index (χ1n) is 8.89. The van der Waals surface area contributed by atoms with E-state index in [-0.39, 0.29) is 11.8 Å². The molecule has 2 aromatic carbocycles. The molecule has 0 aliphatic heterocycles. The van der Waals surface area contributed by atoms with E-state index in [4.69, 9.17) is 4.74 Å². The number of hydrogen-bond donors (Lipinski definition) is 4. The molecule has 0 bridgehead atoms. The lowest BCUT2D eigenvalue weighted by molar-refractivity contribution is -0.120. The molecule has 0 fully saturated rings. The minimum absolute atomic E-state index is 0.0584. The number of carbonyl (C=O) groups is 3. The van der Waals surface area contributed by atoms with Crippen molar-refractivity contribution in [2.75, 3.05) is 30.8 Å². The highest BCUT2D eigenvalue weighted by Gasteiger charge is 2.07. The van der Waals surface area contributed by atoms with Crippen molar-refractivity contribution < 1.29 is 19.1 Å². The Morgan fingerprint density at radius 1 is 0.893 bits per heavy atom. The molecule has 0 atom stereocenters. The van der Waals surface area contributed by atoms with Crippen molar-refractivity contribution >= 4 is 29.2 Å². The molecule has 4 N–H and O–H groups in total. The van der Waals surface area contributed by atoms with Crippen LogP contribution < -0.4 is 26.0 Å². The SMILES string of the molecule is CCC(=O)NCCNC(=O)c1ccc(NC(=O)Nc2cccc(OC)c2)cc1. The number of carbonyl (C=O) groups excluding carboxylic acids is 3. The molecule has 0 saturated heterocycles. The molecular weight excluding hydrogens is 360 g/mol. The summed E-state index contributed by atoms with van der Waals surface area (Å²) in [7, 11) is 1.55. The number of anilines is 2. The van der Waals surface area contributed by atoms with Crippen LogP contribution >= 0.6 is 0 Å². The van der Waals surface area contributed by atoms with Crippen molar-refractivity contribution in [1.29, 1.82) is 0 Å². The molecule has 2 rings (SSSR count). The van der Waals surface area contributed by atoms with E-state index >= 15 is 0 Å². The molecule has 0 saturated carbocycles. The third-order valence-electron chi connectivity index (χ3n) is 3.79. The van der Waals surface area contributed by atoms with Crippen LogP contribution in [0.5, 0.6) is 5.75 Å². The zero-order valence-electron chi connectivity index (χ0n) is 15.9. The molecule has 0 radical (unpaired) electrons. The van der Waals surface area contributed by atoms with Crippen molar-refractivity contribution in [3.8, 4) is 5.75 Å². The van der Waals surface area contributed by atoms with Gasteiger partial charge in [-0.1, -0.05) is 13.0 Å². The van der Waals surface area contributed by atoms with Crippen LogP contribution in [0.15, 0.2) is 48.5 Å². The van der Waals surface area contributed by atoms with Crippen LogP contribution in [-0.2, 0) is 4.79 Å². The molecule has 0 aromatic heterocycles. The second kappa shape index (κ2) is 10.6. The summed E-state index contributed by atoms with van der Waals surface area (Å²) in [6.45, 7) is 2.48. The zero-order chi connectivity index (χ0) is 20.4. The number of amides is 4. The van der Waals surface area contributed by atoms with Crippen LogP contribution in [0.3, 0.4) is 0 Å². The molecule has 4 amide bonds. The Morgan fingerprint density at radius 3 is 2.25 bits per heavy atom. The Hall–Kier alpha value is -3.55. The molecule has 8 heteroatoms. The Bertz CT molecular complexity index is 821. The summed E-state index contributed by atoms with van der Waals surface area (Å²) >= 11 is 0. The van der Waals surface area contributed by atoms with E-state index in [1.165, 1.54) is 0 Å². The summed E-state index contributed by atoms with van der Waals surface area (Å²) in [4.78, 5) is 35.3. The largest absolute Gasteiger partial charge is 0.497 e. The maximum Gasteiger partial charge on any atom is 0.323 e. The van der Waals surface area contributed by atoms with Crippen LogP contribution in [0.4, 0.5) is 16.2 Å². The summed E-state index contributed by atoms with van der Waals surface area (Å²) in [6, 6.07) is 13.1. The second-order valence-electron chi connectivity index (χ2n) is 5.85. The highest BCUT2D eigenvalue weighted by Crippen LogP contribution is 2.17. The lowest BCUT2D eigenvalue weighted by Gasteiger charge is -2.10. The summed E-state index contributed by atoms with van der Waals surface area (Å²) in [5.41, 5.74) is 1.61. The second-order valence-corrected chi connectivity index (χ2v) is 5.85. The Morgan fingerprint density at radius 2 is 1.57 bits per heavy atom. The van der Waals surface area contributed by atoms with E-state index in [1.807, 2.05) is 0 Å². The van der Waals surface area contributed by atoms with Gasteiger partial charge in [0, 0.05) is 42.5 Å². The fraction of sp³-hybridized carbons (Fsp3) is 0.250. The number of hydrogen-bond acceptors (Lipinski definition) is 4. The number of ether oxygens (including phenoxy) is 1. The molecule has 0 heterocycles. The molecule has 8 nitrogen and oxygen atoms in total. The van der Waals surface area contributed by atoms with Gasteiger partial charge in [0.2, 0.25) is 5.91 Å². The highest BCUT2D eigenvalue weighted by atomic mass is 16.5. The van der Waals surface area contributed by atoms with Crippen LogP contribution in [0.25, 0.3) is 0 Å². The lowest BCUT2D eigenvalue weighted by atomic mass is 10.2. The van der Waals surface area contributed by atoms with Gasteiger partial charge in [0.1, 0.15) is 5.75 Å². The van der Waals surface area contributed by atoms with Gasteiger partial charge in [0.15, 0.2) is 0 Å². The van der Waals surface area contributed by atoms with Gasteiger partial charge >= 0.3 is 6.03 Å². The average molecular weight is 384 g/mol. The van der Waals surface area contributed by atoms with Crippen molar-refractivity contribution in [1.82, 2.24) is 10.6 Å². The first-order valence-corrected chi connectivity index (χ1v) is 8.89. The summed E-state index contributed by atoms with van der Waals surface area (Å²) in [5.74, 6) is 0.331. The summed E-state index contributed by atoms with van der Waals surface area (Å²) in [6.07, 6.45) is 0.411. The zero-order valence-corrected chi connectivity index (χ0v) is 15.9. The van der Waals surface area contributed by atoms with Crippen molar-refractivity contribution in [3.05, 3.63) is 54.1 Å². The monoisotopic (exact) mass is 384 g/mol. The number of benzene rings is 2. The van der Waals surface area contributed by atoms with Crippen LogP contribution in [-0.4, -0.2) is 38.0 Å². The predicted octanol–water partition coefficient (Wildman–Crippen LogP) is 2.60. The number of rotatable bonds is 8. The standard InChI is InChI=1S/C20H24N4O4/c1-3-18(25)21-11-12-22-19(26)14-7-9-15(10-8-14)23-20(27)24-16-5-4-6-17(13-16)28-2/h4-10,13H,3,11-12H2,1-2H3,(H,21,25)(H,22,26)(H2,23,24,27). The fourth-order valence-corrected chi connectivity index (χ4v) is 2.30. The Balaban J connectivity index is 1.81. The maximum atomic E-state index is 12.1. The quantitative estimate of drug-likeness (QED) is 0.525. The van der Waals surface area contributed by atoms with Gasteiger partial charge in [0.05, 0.1) is 7.11 Å². The van der Waals surface area contributed by atoms with Gasteiger partial charge in [-0.25, -0.2) is 4.79 Å². The van der Waals surface area contributed by atoms with Crippen LogP contribution in [0, 0.1) is 0 Å². The third-order valence-corrected chi connectivity index (χ3v) is 3.79. The lowest BCUT2D eigenvalue weighted by Crippen LogP contribution is -2.34. The molecule has 0 spiro atoms. The molecule has 0 unspecified atom stereocenters. The van der Waals surface area contributed by atoms with E-state index in [9.17, 15) is 14.4 Å². The topological polar surface area (TPSA) is 109 Å². The van der Waals surface area contributed by atoms with Gasteiger partial charge in [-0.2, -0.15) is 0 Å². The normalized spacial score (nSPS) is 9.93. The van der Waals surface area contributed by atoms with Gasteiger partial charge in [-0.3, -0.25) is 9.59 Å². The minimum atomic E-state index is -0.405. The Labute approximate surface area is 163 Å². The van der Waals surface area contributed by atoms with Crippen molar-refractivity contribution in [2.45, 2.75) is 13.3 Å². The molecule has 2 aromatic rings. The highest BCUT2D eigenvalue weighted by molar-refractivity contribution is 6.00. The number of nitrogens with one attached hydrogen (secondary N) is 4.